The second kappa shape index (κ2) is 4.70. The molecule has 4 rings (SSSR count). The molecule has 0 atom stereocenters. The summed E-state index contributed by atoms with van der Waals surface area (Å²) in [5, 5.41) is 0. The summed E-state index contributed by atoms with van der Waals surface area (Å²) in [6, 6.07) is 7.05. The first-order chi connectivity index (χ1) is 10.3. The Labute approximate surface area is 123 Å². The SMILES string of the molecule is Cc1ccc2c(c1)nc(-c1cn(CCN)cn1)n2C1CC1. The van der Waals surface area contributed by atoms with Crippen LogP contribution in [0.2, 0.25) is 0 Å². The van der Waals surface area contributed by atoms with E-state index in [1.54, 1.807) is 0 Å². The second-order valence-electron chi connectivity index (χ2n) is 5.81. The molecule has 0 spiro atoms. The van der Waals surface area contributed by atoms with Gasteiger partial charge in [-0.1, -0.05) is 6.07 Å². The lowest BCUT2D eigenvalue weighted by molar-refractivity contribution is 0.707. The summed E-state index contributed by atoms with van der Waals surface area (Å²) >= 11 is 0. The Morgan fingerprint density at radius 3 is 2.95 bits per heavy atom. The average Bonchev–Trinajstić information content (AvgIpc) is 3.08. The van der Waals surface area contributed by atoms with Crippen LogP contribution in [0, 0.1) is 6.92 Å². The zero-order valence-corrected chi connectivity index (χ0v) is 12.2. The van der Waals surface area contributed by atoms with E-state index in [1.165, 1.54) is 23.9 Å². The highest BCUT2D eigenvalue weighted by Gasteiger charge is 2.29. The van der Waals surface area contributed by atoms with Crippen molar-refractivity contribution < 1.29 is 0 Å². The molecule has 5 nitrogen and oxygen atoms in total. The molecule has 2 N–H and O–H groups in total. The van der Waals surface area contributed by atoms with Crippen LogP contribution in [-0.2, 0) is 6.54 Å². The summed E-state index contributed by atoms with van der Waals surface area (Å²) in [5.41, 5.74) is 10.1. The lowest BCUT2D eigenvalue weighted by Gasteiger charge is -2.05. The van der Waals surface area contributed by atoms with Crippen LogP contribution in [0.3, 0.4) is 0 Å². The van der Waals surface area contributed by atoms with Crippen LogP contribution in [-0.4, -0.2) is 25.6 Å². The van der Waals surface area contributed by atoms with Crippen LogP contribution < -0.4 is 5.73 Å². The van der Waals surface area contributed by atoms with Gasteiger partial charge < -0.3 is 14.9 Å². The first kappa shape index (κ1) is 12.6. The minimum atomic E-state index is 0.576. The standard InChI is InChI=1S/C16H19N5/c1-11-2-5-15-13(8-11)19-16(21(15)12-3-4-12)14-9-20(7-6-17)10-18-14/h2,5,8-10,12H,3-4,6-7,17H2,1H3. The molecule has 0 unspecified atom stereocenters. The van der Waals surface area contributed by atoms with Gasteiger partial charge in [0, 0.05) is 25.3 Å². The van der Waals surface area contributed by atoms with Gasteiger partial charge in [-0.15, -0.1) is 0 Å². The summed E-state index contributed by atoms with van der Waals surface area (Å²) in [5.74, 6) is 0.980. The van der Waals surface area contributed by atoms with Gasteiger partial charge in [0.15, 0.2) is 5.82 Å². The van der Waals surface area contributed by atoms with Crippen molar-refractivity contribution in [1.29, 1.82) is 0 Å². The second-order valence-corrected chi connectivity index (χ2v) is 5.81. The average molecular weight is 281 g/mol. The fraction of sp³-hybridized carbons (Fsp3) is 0.375. The van der Waals surface area contributed by atoms with E-state index in [0.717, 1.165) is 23.6 Å². The van der Waals surface area contributed by atoms with Crippen LogP contribution in [0.1, 0.15) is 24.4 Å². The topological polar surface area (TPSA) is 61.7 Å². The number of benzene rings is 1. The van der Waals surface area contributed by atoms with Crippen molar-refractivity contribution in [3.8, 4) is 11.5 Å². The molecule has 5 heteroatoms. The summed E-state index contributed by atoms with van der Waals surface area (Å²) in [6.07, 6.45) is 6.34. The molecule has 2 aromatic heterocycles. The van der Waals surface area contributed by atoms with Crippen molar-refractivity contribution >= 4 is 11.0 Å². The largest absolute Gasteiger partial charge is 0.335 e. The molecule has 108 valence electrons. The van der Waals surface area contributed by atoms with Gasteiger partial charge >= 0.3 is 0 Å². The Morgan fingerprint density at radius 2 is 2.19 bits per heavy atom. The fourth-order valence-corrected chi connectivity index (χ4v) is 2.84. The number of imidazole rings is 2. The summed E-state index contributed by atoms with van der Waals surface area (Å²) < 4.78 is 4.38. The molecule has 1 aliphatic carbocycles. The van der Waals surface area contributed by atoms with E-state index in [-0.39, 0.29) is 0 Å². The minimum absolute atomic E-state index is 0.576. The number of fused-ring (bicyclic) bond motifs is 1. The van der Waals surface area contributed by atoms with Gasteiger partial charge in [0.2, 0.25) is 0 Å². The third kappa shape index (κ3) is 2.14. The van der Waals surface area contributed by atoms with Crippen LogP contribution in [0.5, 0.6) is 0 Å². The van der Waals surface area contributed by atoms with Gasteiger partial charge in [-0.25, -0.2) is 9.97 Å². The van der Waals surface area contributed by atoms with Crippen molar-refractivity contribution in [2.24, 2.45) is 5.73 Å². The molecule has 0 radical (unpaired) electrons. The lowest BCUT2D eigenvalue weighted by Crippen LogP contribution is -2.07. The predicted octanol–water partition coefficient (Wildman–Crippen LogP) is 2.50. The molecule has 0 amide bonds. The number of hydrogen-bond donors (Lipinski definition) is 1. The monoisotopic (exact) mass is 281 g/mol. The zero-order chi connectivity index (χ0) is 14.4. The Kier molecular flexibility index (Phi) is 2.82. The molecule has 0 bridgehead atoms. The van der Waals surface area contributed by atoms with Crippen LogP contribution in [0.4, 0.5) is 0 Å². The summed E-state index contributed by atoms with van der Waals surface area (Å²) in [7, 11) is 0. The Hall–Kier alpha value is -2.14. The lowest BCUT2D eigenvalue weighted by atomic mass is 10.2. The third-order valence-electron chi connectivity index (χ3n) is 4.01. The summed E-state index contributed by atoms with van der Waals surface area (Å²) in [6.45, 7) is 3.51. The highest BCUT2D eigenvalue weighted by atomic mass is 15.2. The number of rotatable bonds is 4. The maximum absolute atomic E-state index is 5.61. The summed E-state index contributed by atoms with van der Waals surface area (Å²) in [4.78, 5) is 9.35. The highest BCUT2D eigenvalue weighted by molar-refractivity contribution is 5.81. The molecular weight excluding hydrogens is 262 g/mol. The number of aryl methyl sites for hydroxylation is 1. The van der Waals surface area contributed by atoms with E-state index in [0.29, 0.717) is 12.6 Å². The molecule has 1 aromatic carbocycles. The van der Waals surface area contributed by atoms with Crippen molar-refractivity contribution in [1.82, 2.24) is 19.1 Å². The fourth-order valence-electron chi connectivity index (χ4n) is 2.84. The Balaban J connectivity index is 1.88. The molecule has 1 fully saturated rings. The predicted molar refractivity (Wildman–Crippen MR) is 83.0 cm³/mol. The minimum Gasteiger partial charge on any atom is -0.335 e. The maximum atomic E-state index is 5.61. The Morgan fingerprint density at radius 1 is 1.33 bits per heavy atom. The molecule has 21 heavy (non-hydrogen) atoms. The van der Waals surface area contributed by atoms with Gasteiger partial charge in [-0.05, 0) is 37.5 Å². The molecule has 1 aliphatic rings. The number of nitrogens with two attached hydrogens (primary N) is 1. The zero-order valence-electron chi connectivity index (χ0n) is 12.2. The van der Waals surface area contributed by atoms with Crippen LogP contribution in [0.25, 0.3) is 22.6 Å². The molecule has 0 saturated heterocycles. The quantitative estimate of drug-likeness (QED) is 0.799. The normalized spacial score (nSPS) is 15.0. The molecule has 0 aliphatic heterocycles. The van der Waals surface area contributed by atoms with E-state index in [1.807, 2.05) is 17.1 Å². The molecule has 3 aromatic rings. The van der Waals surface area contributed by atoms with Crippen LogP contribution >= 0.6 is 0 Å². The van der Waals surface area contributed by atoms with E-state index in [9.17, 15) is 0 Å². The maximum Gasteiger partial charge on any atom is 0.161 e. The number of aromatic nitrogens is 4. The van der Waals surface area contributed by atoms with E-state index in [4.69, 9.17) is 10.7 Å². The van der Waals surface area contributed by atoms with Crippen molar-refractivity contribution in [3.05, 3.63) is 36.3 Å². The van der Waals surface area contributed by atoms with Gasteiger partial charge in [0.05, 0.1) is 17.4 Å². The number of hydrogen-bond acceptors (Lipinski definition) is 3. The van der Waals surface area contributed by atoms with E-state index >= 15 is 0 Å². The van der Waals surface area contributed by atoms with Crippen molar-refractivity contribution in [2.45, 2.75) is 32.4 Å². The molecular formula is C16H19N5. The molecule has 2 heterocycles. The first-order valence-corrected chi connectivity index (χ1v) is 7.47. The van der Waals surface area contributed by atoms with Gasteiger partial charge in [-0.2, -0.15) is 0 Å². The van der Waals surface area contributed by atoms with Gasteiger partial charge in [-0.3, -0.25) is 0 Å². The third-order valence-corrected chi connectivity index (χ3v) is 4.01. The van der Waals surface area contributed by atoms with E-state index in [2.05, 4.69) is 34.7 Å². The first-order valence-electron chi connectivity index (χ1n) is 7.47. The molecule has 1 saturated carbocycles. The number of nitrogens with zero attached hydrogens (tertiary/aromatic N) is 4. The Bertz CT molecular complexity index is 794. The van der Waals surface area contributed by atoms with E-state index < -0.39 is 0 Å². The van der Waals surface area contributed by atoms with Crippen molar-refractivity contribution in [2.75, 3.05) is 6.54 Å². The smallest absolute Gasteiger partial charge is 0.161 e. The van der Waals surface area contributed by atoms with Gasteiger partial charge in [0.25, 0.3) is 0 Å². The van der Waals surface area contributed by atoms with Gasteiger partial charge in [0.1, 0.15) is 5.69 Å². The van der Waals surface area contributed by atoms with Crippen LogP contribution in [0.15, 0.2) is 30.7 Å². The highest BCUT2D eigenvalue weighted by Crippen LogP contribution is 2.41. The van der Waals surface area contributed by atoms with Crippen molar-refractivity contribution in [3.63, 3.8) is 0 Å².